The third-order valence-electron chi connectivity index (χ3n) is 4.32. The van der Waals surface area contributed by atoms with Crippen LogP contribution in [0.3, 0.4) is 0 Å². The van der Waals surface area contributed by atoms with Gasteiger partial charge in [-0.25, -0.2) is 0 Å². The molecule has 0 bridgehead atoms. The fourth-order valence-corrected chi connectivity index (χ4v) is 3.34. The lowest BCUT2D eigenvalue weighted by Gasteiger charge is -2.56. The molecule has 96 valence electrons. The zero-order valence-electron chi connectivity index (χ0n) is 13.3. The molecule has 2 atom stereocenters. The van der Waals surface area contributed by atoms with E-state index in [4.69, 9.17) is 8.85 Å². The van der Waals surface area contributed by atoms with Crippen molar-refractivity contribution in [3.63, 3.8) is 0 Å². The molecule has 0 aromatic carbocycles. The molecule has 2 aliphatic carbocycles. The Balaban J connectivity index is 2.01. The Morgan fingerprint density at radius 3 is 2.82 bits per heavy atom. The highest BCUT2D eigenvalue weighted by Crippen LogP contribution is 2.48. The molecule has 3 fully saturated rings. The molecule has 1 heterocycles. The molecular formula is C14H23NO2. The van der Waals surface area contributed by atoms with Crippen molar-refractivity contribution >= 4 is 5.78 Å². The Labute approximate surface area is 108 Å². The van der Waals surface area contributed by atoms with E-state index >= 15 is 0 Å². The summed E-state index contributed by atoms with van der Waals surface area (Å²) in [5.41, 5.74) is -0.929. The van der Waals surface area contributed by atoms with Gasteiger partial charge in [-0.3, -0.25) is 9.69 Å². The molecule has 3 rings (SSSR count). The summed E-state index contributed by atoms with van der Waals surface area (Å²) in [4.78, 5) is 14.2. The second-order valence-corrected chi connectivity index (χ2v) is 5.28. The number of carbonyl (C=O) groups is 1. The number of ketones is 1. The zero-order valence-corrected chi connectivity index (χ0v) is 10.3. The van der Waals surface area contributed by atoms with Gasteiger partial charge in [0.1, 0.15) is 5.78 Å². The smallest absolute Gasteiger partial charge is 0.139 e. The minimum atomic E-state index is -1.47. The maximum absolute atomic E-state index is 12.2. The summed E-state index contributed by atoms with van der Waals surface area (Å²) in [6, 6.07) is 0. The van der Waals surface area contributed by atoms with E-state index in [0.29, 0.717) is 39.1 Å². The number of Topliss-reactive ketones (excluding diaryl/α,β-unsaturated/α-hetero) is 1. The number of ether oxygens (including phenoxy) is 1. The quantitative estimate of drug-likeness (QED) is 0.702. The van der Waals surface area contributed by atoms with Crippen LogP contribution >= 0.6 is 0 Å². The van der Waals surface area contributed by atoms with Crippen molar-refractivity contribution in [2.45, 2.75) is 50.4 Å². The molecule has 17 heavy (non-hydrogen) atoms. The molecular weight excluding hydrogens is 214 g/mol. The maximum atomic E-state index is 12.2. The van der Waals surface area contributed by atoms with E-state index in [-0.39, 0.29) is 12.2 Å². The third-order valence-corrected chi connectivity index (χ3v) is 4.32. The topological polar surface area (TPSA) is 29.5 Å². The van der Waals surface area contributed by atoms with Crippen LogP contribution in [0.5, 0.6) is 0 Å². The zero-order chi connectivity index (χ0) is 14.4. The van der Waals surface area contributed by atoms with E-state index in [1.807, 2.05) is 0 Å². The fourth-order valence-electron chi connectivity index (χ4n) is 3.34. The minimum Gasteiger partial charge on any atom is -0.379 e. The fraction of sp³-hybridized carbons (Fsp3) is 0.929. The average Bonchev–Trinajstić information content (AvgIpc) is 2.43. The first-order chi connectivity index (χ1) is 9.44. The van der Waals surface area contributed by atoms with Gasteiger partial charge in [0.15, 0.2) is 0 Å². The van der Waals surface area contributed by atoms with E-state index < -0.39 is 17.8 Å². The van der Waals surface area contributed by atoms with Gasteiger partial charge in [-0.1, -0.05) is 25.7 Å². The van der Waals surface area contributed by atoms with Gasteiger partial charge in [-0.05, 0) is 12.8 Å². The number of morpholine rings is 1. The predicted octanol–water partition coefficient (Wildman–Crippen LogP) is 2.00. The molecule has 0 aromatic rings. The SMILES string of the molecule is [2H]C1([2H])CCCCCC2([2H])C(=O)CC12N1CCOCC1. The Morgan fingerprint density at radius 1 is 1.29 bits per heavy atom. The largest absolute Gasteiger partial charge is 0.379 e. The first-order valence-corrected chi connectivity index (χ1v) is 6.80. The number of nitrogens with zero attached hydrogens (tertiary/aromatic N) is 1. The summed E-state index contributed by atoms with van der Waals surface area (Å²) < 4.78 is 31.2. The van der Waals surface area contributed by atoms with Crippen molar-refractivity contribution in [2.75, 3.05) is 26.3 Å². The lowest BCUT2D eigenvalue weighted by Crippen LogP contribution is -2.67. The van der Waals surface area contributed by atoms with Crippen LogP contribution in [-0.4, -0.2) is 42.5 Å². The van der Waals surface area contributed by atoms with Crippen LogP contribution in [0.25, 0.3) is 0 Å². The molecule has 2 unspecified atom stereocenters. The molecule has 0 N–H and O–H groups in total. The van der Waals surface area contributed by atoms with Crippen molar-refractivity contribution in [1.82, 2.24) is 4.90 Å². The van der Waals surface area contributed by atoms with Crippen LogP contribution < -0.4 is 0 Å². The van der Waals surface area contributed by atoms with Crippen LogP contribution in [0, 0.1) is 5.89 Å². The number of fused-ring (bicyclic) bond motifs is 1. The number of rotatable bonds is 1. The van der Waals surface area contributed by atoms with Crippen molar-refractivity contribution in [1.29, 1.82) is 0 Å². The summed E-state index contributed by atoms with van der Waals surface area (Å²) in [5.74, 6) is -1.33. The molecule has 0 spiro atoms. The molecule has 1 aliphatic heterocycles. The second-order valence-electron chi connectivity index (χ2n) is 5.28. The highest BCUT2D eigenvalue weighted by atomic mass is 16.5. The third kappa shape index (κ3) is 1.93. The molecule has 0 aromatic heterocycles. The number of carbonyl (C=O) groups excluding carboxylic acids is 1. The molecule has 3 nitrogen and oxygen atoms in total. The van der Waals surface area contributed by atoms with E-state index in [1.54, 1.807) is 0 Å². The standard InChI is InChI=1S/C14H23NO2/c16-13-11-14(15-7-9-17-10-8-15)6-4-2-1-3-5-12(13)14/h12H,1-11H2/i6D2,12D. The summed E-state index contributed by atoms with van der Waals surface area (Å²) in [6.07, 6.45) is 2.32. The lowest BCUT2D eigenvalue weighted by atomic mass is 9.59. The Hall–Kier alpha value is -0.410. The summed E-state index contributed by atoms with van der Waals surface area (Å²) in [7, 11) is 0. The van der Waals surface area contributed by atoms with Crippen LogP contribution in [0.1, 0.15) is 49.0 Å². The summed E-state index contributed by atoms with van der Waals surface area (Å²) in [6.45, 7) is 2.41. The predicted molar refractivity (Wildman–Crippen MR) is 65.9 cm³/mol. The highest BCUT2D eigenvalue weighted by molar-refractivity contribution is 5.90. The minimum absolute atomic E-state index is 0.0743. The molecule has 2 saturated carbocycles. The summed E-state index contributed by atoms with van der Waals surface area (Å²) in [5, 5.41) is 0. The van der Waals surface area contributed by atoms with E-state index in [9.17, 15) is 4.79 Å². The van der Waals surface area contributed by atoms with Gasteiger partial charge in [0.2, 0.25) is 0 Å². The molecule has 3 aliphatic rings. The summed E-state index contributed by atoms with van der Waals surface area (Å²) >= 11 is 0. The number of hydrogen-bond acceptors (Lipinski definition) is 3. The lowest BCUT2D eigenvalue weighted by molar-refractivity contribution is -0.156. The Bertz CT molecular complexity index is 411. The van der Waals surface area contributed by atoms with Crippen LogP contribution in [-0.2, 0) is 9.53 Å². The van der Waals surface area contributed by atoms with E-state index in [1.165, 1.54) is 0 Å². The van der Waals surface area contributed by atoms with Gasteiger partial charge in [0.05, 0.1) is 13.2 Å². The Kier molecular flexibility index (Phi) is 2.39. The van der Waals surface area contributed by atoms with E-state index in [2.05, 4.69) is 4.90 Å². The van der Waals surface area contributed by atoms with Crippen molar-refractivity contribution in [2.24, 2.45) is 5.89 Å². The van der Waals surface area contributed by atoms with Crippen LogP contribution in [0.4, 0.5) is 0 Å². The van der Waals surface area contributed by atoms with Gasteiger partial charge in [-0.2, -0.15) is 0 Å². The van der Waals surface area contributed by atoms with Crippen molar-refractivity contribution in [3.05, 3.63) is 0 Å². The first kappa shape index (κ1) is 8.65. The van der Waals surface area contributed by atoms with Crippen LogP contribution in [0.15, 0.2) is 0 Å². The van der Waals surface area contributed by atoms with Gasteiger partial charge >= 0.3 is 0 Å². The number of hydrogen-bond donors (Lipinski definition) is 0. The first-order valence-electron chi connectivity index (χ1n) is 8.30. The van der Waals surface area contributed by atoms with E-state index in [0.717, 1.165) is 19.3 Å². The highest BCUT2D eigenvalue weighted by Gasteiger charge is 2.55. The molecule has 0 radical (unpaired) electrons. The van der Waals surface area contributed by atoms with Gasteiger partial charge in [0, 0.05) is 35.1 Å². The molecule has 0 amide bonds. The monoisotopic (exact) mass is 240 g/mol. The molecule has 1 saturated heterocycles. The van der Waals surface area contributed by atoms with Gasteiger partial charge in [0.25, 0.3) is 0 Å². The van der Waals surface area contributed by atoms with Crippen molar-refractivity contribution < 1.29 is 13.6 Å². The van der Waals surface area contributed by atoms with Crippen molar-refractivity contribution in [3.8, 4) is 0 Å². The second kappa shape index (κ2) is 4.69. The Morgan fingerprint density at radius 2 is 2.06 bits per heavy atom. The average molecular weight is 240 g/mol. The normalized spacial score (nSPS) is 49.9. The van der Waals surface area contributed by atoms with Crippen LogP contribution in [0.2, 0.25) is 0 Å². The molecule has 3 heteroatoms. The maximum Gasteiger partial charge on any atom is 0.139 e. The van der Waals surface area contributed by atoms with Gasteiger partial charge in [-0.15, -0.1) is 0 Å². The van der Waals surface area contributed by atoms with Gasteiger partial charge < -0.3 is 4.74 Å².